The molecule has 0 aliphatic rings. The van der Waals surface area contributed by atoms with Crippen molar-refractivity contribution in [3.63, 3.8) is 0 Å². The Morgan fingerprint density at radius 2 is 2.27 bits per heavy atom. The van der Waals surface area contributed by atoms with Crippen LogP contribution < -0.4 is 10.5 Å². The predicted octanol–water partition coefficient (Wildman–Crippen LogP) is 2.12. The molecule has 3 N–H and O–H groups in total. The molecule has 0 heterocycles. The first-order valence-electron chi connectivity index (χ1n) is 4.89. The van der Waals surface area contributed by atoms with E-state index in [1.165, 1.54) is 0 Å². The average Bonchev–Trinajstić information content (AvgIpc) is 2.25. The van der Waals surface area contributed by atoms with Crippen molar-refractivity contribution in [3.05, 3.63) is 28.8 Å². The molecule has 1 aromatic rings. The van der Waals surface area contributed by atoms with Crippen LogP contribution in [-0.2, 0) is 0 Å². The molecule has 0 aromatic heterocycles. The van der Waals surface area contributed by atoms with E-state index in [1.54, 1.807) is 13.2 Å². The van der Waals surface area contributed by atoms with E-state index in [9.17, 15) is 0 Å². The lowest BCUT2D eigenvalue weighted by Crippen LogP contribution is -2.11. The van der Waals surface area contributed by atoms with E-state index >= 15 is 0 Å². The molecule has 3 nitrogen and oxygen atoms in total. The summed E-state index contributed by atoms with van der Waals surface area (Å²) in [6.45, 7) is 0.154. The molecular formula is C11H16ClNO2. The Morgan fingerprint density at radius 1 is 1.53 bits per heavy atom. The molecule has 1 atom stereocenters. The minimum absolute atomic E-state index is 0.129. The first kappa shape index (κ1) is 12.3. The molecule has 0 spiro atoms. The number of aliphatic hydroxyl groups excluding tert-OH is 1. The topological polar surface area (TPSA) is 55.5 Å². The van der Waals surface area contributed by atoms with E-state index in [-0.39, 0.29) is 12.6 Å². The van der Waals surface area contributed by atoms with Crippen molar-refractivity contribution in [2.24, 2.45) is 5.73 Å². The summed E-state index contributed by atoms with van der Waals surface area (Å²) in [7, 11) is 1.59. The van der Waals surface area contributed by atoms with E-state index in [2.05, 4.69) is 0 Å². The zero-order chi connectivity index (χ0) is 11.3. The highest BCUT2D eigenvalue weighted by Crippen LogP contribution is 2.28. The number of halogens is 1. The van der Waals surface area contributed by atoms with Crippen LogP contribution in [0, 0.1) is 0 Å². The van der Waals surface area contributed by atoms with Gasteiger partial charge in [0.1, 0.15) is 5.75 Å². The third-order valence-corrected chi connectivity index (χ3v) is 2.61. The second-order valence-corrected chi connectivity index (χ2v) is 3.77. The first-order chi connectivity index (χ1) is 7.19. The minimum Gasteiger partial charge on any atom is -0.497 e. The second-order valence-electron chi connectivity index (χ2n) is 3.36. The Labute approximate surface area is 94.8 Å². The van der Waals surface area contributed by atoms with Crippen LogP contribution in [0.5, 0.6) is 5.75 Å². The van der Waals surface area contributed by atoms with Gasteiger partial charge in [-0.2, -0.15) is 0 Å². The van der Waals surface area contributed by atoms with Crippen LogP contribution in [0.1, 0.15) is 24.4 Å². The van der Waals surface area contributed by atoms with Gasteiger partial charge in [0.2, 0.25) is 0 Å². The zero-order valence-electron chi connectivity index (χ0n) is 8.74. The molecule has 0 amide bonds. The Kier molecular flexibility index (Phi) is 4.88. The van der Waals surface area contributed by atoms with Crippen molar-refractivity contribution < 1.29 is 9.84 Å². The van der Waals surface area contributed by atoms with Crippen molar-refractivity contribution in [1.29, 1.82) is 0 Å². The van der Waals surface area contributed by atoms with Crippen LogP contribution in [0.15, 0.2) is 18.2 Å². The number of nitrogens with two attached hydrogens (primary N) is 1. The van der Waals surface area contributed by atoms with Crippen LogP contribution in [-0.4, -0.2) is 18.8 Å². The van der Waals surface area contributed by atoms with Crippen LogP contribution in [0.4, 0.5) is 0 Å². The third kappa shape index (κ3) is 3.38. The molecule has 0 aliphatic heterocycles. The number of ether oxygens (including phenoxy) is 1. The highest BCUT2D eigenvalue weighted by Gasteiger charge is 2.10. The van der Waals surface area contributed by atoms with Gasteiger partial charge in [-0.25, -0.2) is 0 Å². The number of hydrogen-bond donors (Lipinski definition) is 2. The number of benzene rings is 1. The standard InChI is InChI=1S/C11H16ClNO2/c1-15-8-4-5-9(10(12)7-8)11(13)3-2-6-14/h4-5,7,11,14H,2-3,6,13H2,1H3. The van der Waals surface area contributed by atoms with Crippen molar-refractivity contribution in [3.8, 4) is 5.75 Å². The minimum atomic E-state index is -0.129. The van der Waals surface area contributed by atoms with Crippen molar-refractivity contribution in [2.45, 2.75) is 18.9 Å². The molecule has 1 unspecified atom stereocenters. The van der Waals surface area contributed by atoms with Gasteiger partial charge >= 0.3 is 0 Å². The fraction of sp³-hybridized carbons (Fsp3) is 0.455. The van der Waals surface area contributed by atoms with Gasteiger partial charge in [0.05, 0.1) is 7.11 Å². The highest BCUT2D eigenvalue weighted by molar-refractivity contribution is 6.31. The summed E-state index contributed by atoms with van der Waals surface area (Å²) in [5.74, 6) is 0.720. The van der Waals surface area contributed by atoms with Crippen LogP contribution in [0.2, 0.25) is 5.02 Å². The summed E-state index contributed by atoms with van der Waals surface area (Å²) in [5, 5.41) is 9.32. The van der Waals surface area contributed by atoms with Crippen LogP contribution in [0.3, 0.4) is 0 Å². The summed E-state index contributed by atoms with van der Waals surface area (Å²) in [6, 6.07) is 5.31. The van der Waals surface area contributed by atoms with E-state index in [1.807, 2.05) is 12.1 Å². The fourth-order valence-electron chi connectivity index (χ4n) is 1.40. The smallest absolute Gasteiger partial charge is 0.120 e. The quantitative estimate of drug-likeness (QED) is 0.813. The van der Waals surface area contributed by atoms with E-state index in [0.717, 1.165) is 17.7 Å². The molecule has 84 valence electrons. The highest BCUT2D eigenvalue weighted by atomic mass is 35.5. The van der Waals surface area contributed by atoms with Crippen molar-refractivity contribution in [2.75, 3.05) is 13.7 Å². The Morgan fingerprint density at radius 3 is 2.80 bits per heavy atom. The lowest BCUT2D eigenvalue weighted by atomic mass is 10.0. The van der Waals surface area contributed by atoms with E-state index in [0.29, 0.717) is 11.4 Å². The van der Waals surface area contributed by atoms with Gasteiger partial charge in [-0.1, -0.05) is 17.7 Å². The average molecular weight is 230 g/mol. The summed E-state index contributed by atoms with van der Waals surface area (Å²) in [5.41, 5.74) is 6.83. The normalized spacial score (nSPS) is 12.5. The van der Waals surface area contributed by atoms with Gasteiger partial charge in [-0.15, -0.1) is 0 Å². The lowest BCUT2D eigenvalue weighted by Gasteiger charge is -2.13. The van der Waals surface area contributed by atoms with Crippen molar-refractivity contribution >= 4 is 11.6 Å². The summed E-state index contributed by atoms with van der Waals surface area (Å²) in [6.07, 6.45) is 1.41. The lowest BCUT2D eigenvalue weighted by molar-refractivity contribution is 0.280. The van der Waals surface area contributed by atoms with E-state index < -0.39 is 0 Å². The molecule has 0 bridgehead atoms. The van der Waals surface area contributed by atoms with Gasteiger partial charge in [-0.05, 0) is 30.5 Å². The Hall–Kier alpha value is -0.770. The predicted molar refractivity (Wildman–Crippen MR) is 61.3 cm³/mol. The second kappa shape index (κ2) is 5.95. The third-order valence-electron chi connectivity index (χ3n) is 2.28. The van der Waals surface area contributed by atoms with Gasteiger partial charge in [0.15, 0.2) is 0 Å². The molecule has 1 aromatic carbocycles. The maximum Gasteiger partial charge on any atom is 0.120 e. The molecule has 0 saturated heterocycles. The molecule has 0 saturated carbocycles. The largest absolute Gasteiger partial charge is 0.497 e. The molecule has 0 radical (unpaired) electrons. The summed E-state index contributed by atoms with van der Waals surface area (Å²) in [4.78, 5) is 0. The molecule has 1 rings (SSSR count). The molecule has 0 aliphatic carbocycles. The summed E-state index contributed by atoms with van der Waals surface area (Å²) < 4.78 is 5.05. The monoisotopic (exact) mass is 229 g/mol. The Balaban J connectivity index is 2.76. The maximum atomic E-state index is 8.70. The molecule has 0 fully saturated rings. The van der Waals surface area contributed by atoms with Crippen molar-refractivity contribution in [1.82, 2.24) is 0 Å². The van der Waals surface area contributed by atoms with E-state index in [4.69, 9.17) is 27.2 Å². The number of methoxy groups -OCH3 is 1. The molecule has 4 heteroatoms. The van der Waals surface area contributed by atoms with Gasteiger partial charge in [0.25, 0.3) is 0 Å². The molecular weight excluding hydrogens is 214 g/mol. The Bertz CT molecular complexity index is 317. The SMILES string of the molecule is COc1ccc(C(N)CCCO)c(Cl)c1. The maximum absolute atomic E-state index is 8.70. The van der Waals surface area contributed by atoms with Crippen LogP contribution >= 0.6 is 11.6 Å². The number of hydrogen-bond acceptors (Lipinski definition) is 3. The van der Waals surface area contributed by atoms with Gasteiger partial charge in [0, 0.05) is 17.7 Å². The molecule has 15 heavy (non-hydrogen) atoms. The zero-order valence-corrected chi connectivity index (χ0v) is 9.50. The first-order valence-corrected chi connectivity index (χ1v) is 5.26. The fourth-order valence-corrected chi connectivity index (χ4v) is 1.71. The van der Waals surface area contributed by atoms with Crippen LogP contribution in [0.25, 0.3) is 0 Å². The van der Waals surface area contributed by atoms with Gasteiger partial charge in [-0.3, -0.25) is 0 Å². The van der Waals surface area contributed by atoms with Gasteiger partial charge < -0.3 is 15.6 Å². The summed E-state index contributed by atoms with van der Waals surface area (Å²) >= 11 is 6.06. The number of aliphatic hydroxyl groups is 1. The number of rotatable bonds is 5.